The Balaban J connectivity index is 2.18. The Morgan fingerprint density at radius 1 is 1.42 bits per heavy atom. The zero-order valence-corrected chi connectivity index (χ0v) is 11.3. The lowest BCUT2D eigenvalue weighted by Crippen LogP contribution is -2.04. The van der Waals surface area contributed by atoms with Gasteiger partial charge in [-0.15, -0.1) is 0 Å². The van der Waals surface area contributed by atoms with E-state index in [2.05, 4.69) is 5.16 Å². The van der Waals surface area contributed by atoms with Crippen LogP contribution in [0.3, 0.4) is 0 Å². The lowest BCUT2D eigenvalue weighted by atomic mass is 10.1. The average Bonchev–Trinajstić information content (AvgIpc) is 2.90. The molecule has 0 aliphatic rings. The van der Waals surface area contributed by atoms with Gasteiger partial charge in [0, 0.05) is 6.07 Å². The van der Waals surface area contributed by atoms with Crippen LogP contribution in [0.5, 0.6) is 11.5 Å². The van der Waals surface area contributed by atoms with Crippen LogP contribution >= 0.6 is 11.6 Å². The van der Waals surface area contributed by atoms with Crippen molar-refractivity contribution in [3.05, 3.63) is 40.7 Å². The van der Waals surface area contributed by atoms with Crippen molar-refractivity contribution in [1.82, 2.24) is 5.16 Å². The summed E-state index contributed by atoms with van der Waals surface area (Å²) in [6.07, 6.45) is 2.29. The second kappa shape index (κ2) is 6.45. The van der Waals surface area contributed by atoms with Crippen LogP contribution in [0.1, 0.15) is 11.3 Å². The number of benzene rings is 1. The minimum atomic E-state index is 0.242. The molecule has 0 aliphatic heterocycles. The van der Waals surface area contributed by atoms with Crippen LogP contribution in [0.4, 0.5) is 0 Å². The molecule has 0 spiro atoms. The SMILES string of the molecule is COc1cc(CCN)cc(Cl)c1OCc1ccno1. The van der Waals surface area contributed by atoms with E-state index in [1.54, 1.807) is 19.4 Å². The molecule has 0 fully saturated rings. The number of halogens is 1. The van der Waals surface area contributed by atoms with Crippen molar-refractivity contribution in [3.8, 4) is 11.5 Å². The van der Waals surface area contributed by atoms with E-state index in [4.69, 9.17) is 31.3 Å². The van der Waals surface area contributed by atoms with Gasteiger partial charge in [0.25, 0.3) is 0 Å². The predicted octanol–water partition coefficient (Wildman–Crippen LogP) is 2.42. The fraction of sp³-hybridized carbons (Fsp3) is 0.308. The first-order valence-corrected chi connectivity index (χ1v) is 6.21. The third-order valence-electron chi connectivity index (χ3n) is 2.57. The van der Waals surface area contributed by atoms with E-state index in [1.807, 2.05) is 12.1 Å². The highest BCUT2D eigenvalue weighted by atomic mass is 35.5. The van der Waals surface area contributed by atoms with Gasteiger partial charge in [-0.25, -0.2) is 0 Å². The predicted molar refractivity (Wildman–Crippen MR) is 71.6 cm³/mol. The second-order valence-corrected chi connectivity index (χ2v) is 4.32. The highest BCUT2D eigenvalue weighted by Crippen LogP contribution is 2.37. The van der Waals surface area contributed by atoms with E-state index in [1.165, 1.54) is 0 Å². The zero-order valence-electron chi connectivity index (χ0n) is 10.6. The van der Waals surface area contributed by atoms with E-state index >= 15 is 0 Å². The molecule has 0 unspecified atom stereocenters. The largest absolute Gasteiger partial charge is 0.493 e. The van der Waals surface area contributed by atoms with E-state index < -0.39 is 0 Å². The Morgan fingerprint density at radius 2 is 2.26 bits per heavy atom. The summed E-state index contributed by atoms with van der Waals surface area (Å²) in [7, 11) is 1.57. The van der Waals surface area contributed by atoms with Crippen molar-refractivity contribution in [2.75, 3.05) is 13.7 Å². The Morgan fingerprint density at radius 3 is 2.89 bits per heavy atom. The molecule has 19 heavy (non-hydrogen) atoms. The normalized spacial score (nSPS) is 10.5. The fourth-order valence-electron chi connectivity index (χ4n) is 1.68. The van der Waals surface area contributed by atoms with Gasteiger partial charge in [0.05, 0.1) is 18.3 Å². The van der Waals surface area contributed by atoms with Gasteiger partial charge in [-0.3, -0.25) is 0 Å². The second-order valence-electron chi connectivity index (χ2n) is 3.92. The minimum absolute atomic E-state index is 0.242. The highest BCUT2D eigenvalue weighted by molar-refractivity contribution is 6.32. The molecule has 2 aromatic rings. The summed E-state index contributed by atoms with van der Waals surface area (Å²) in [5.41, 5.74) is 6.54. The van der Waals surface area contributed by atoms with Crippen molar-refractivity contribution < 1.29 is 14.0 Å². The number of hydrogen-bond acceptors (Lipinski definition) is 5. The minimum Gasteiger partial charge on any atom is -0.493 e. The van der Waals surface area contributed by atoms with E-state index in [-0.39, 0.29) is 6.61 Å². The Labute approximate surface area is 116 Å². The molecule has 0 saturated carbocycles. The fourth-order valence-corrected chi connectivity index (χ4v) is 1.97. The number of nitrogens with two attached hydrogens (primary N) is 1. The molecule has 0 aliphatic carbocycles. The molecule has 0 bridgehead atoms. The molecule has 1 aromatic heterocycles. The third kappa shape index (κ3) is 3.39. The van der Waals surface area contributed by atoms with Crippen molar-refractivity contribution in [3.63, 3.8) is 0 Å². The number of nitrogens with zero attached hydrogens (tertiary/aromatic N) is 1. The first-order valence-electron chi connectivity index (χ1n) is 5.83. The molecule has 5 nitrogen and oxygen atoms in total. The summed E-state index contributed by atoms with van der Waals surface area (Å²) in [4.78, 5) is 0. The maximum atomic E-state index is 6.20. The topological polar surface area (TPSA) is 70.5 Å². The summed E-state index contributed by atoms with van der Waals surface area (Å²) < 4.78 is 15.9. The van der Waals surface area contributed by atoms with E-state index in [9.17, 15) is 0 Å². The van der Waals surface area contributed by atoms with Gasteiger partial charge in [-0.05, 0) is 30.7 Å². The first kappa shape index (κ1) is 13.7. The Hall–Kier alpha value is -1.72. The molecule has 6 heteroatoms. The summed E-state index contributed by atoms with van der Waals surface area (Å²) in [6, 6.07) is 5.42. The molecule has 0 amide bonds. The van der Waals surface area contributed by atoms with Crippen LogP contribution in [0.2, 0.25) is 5.02 Å². The van der Waals surface area contributed by atoms with E-state index in [0.29, 0.717) is 28.8 Å². The molecular weight excluding hydrogens is 268 g/mol. The van der Waals surface area contributed by atoms with Crippen LogP contribution in [-0.4, -0.2) is 18.8 Å². The Bertz CT molecular complexity index is 529. The molecule has 0 saturated heterocycles. The van der Waals surface area contributed by atoms with Crippen LogP contribution in [-0.2, 0) is 13.0 Å². The molecule has 1 heterocycles. The van der Waals surface area contributed by atoms with Gasteiger partial charge in [0.1, 0.15) is 6.61 Å². The standard InChI is InChI=1S/C13H15ClN2O3/c1-17-12-7-9(2-4-15)6-11(14)13(12)18-8-10-3-5-16-19-10/h3,5-7H,2,4,8,15H2,1H3. The lowest BCUT2D eigenvalue weighted by Gasteiger charge is -2.13. The first-order chi connectivity index (χ1) is 9.24. The molecule has 102 valence electrons. The summed E-state index contributed by atoms with van der Waals surface area (Å²) in [5.74, 6) is 1.68. The monoisotopic (exact) mass is 282 g/mol. The zero-order chi connectivity index (χ0) is 13.7. The van der Waals surface area contributed by atoms with Crippen LogP contribution in [0, 0.1) is 0 Å². The van der Waals surface area contributed by atoms with Gasteiger partial charge in [-0.2, -0.15) is 0 Å². The van der Waals surface area contributed by atoms with Crippen LogP contribution < -0.4 is 15.2 Å². The maximum absolute atomic E-state index is 6.20. The van der Waals surface area contributed by atoms with Gasteiger partial charge in [0.15, 0.2) is 17.3 Å². The van der Waals surface area contributed by atoms with Crippen molar-refractivity contribution >= 4 is 11.6 Å². The number of methoxy groups -OCH3 is 1. The van der Waals surface area contributed by atoms with Crippen molar-refractivity contribution in [2.45, 2.75) is 13.0 Å². The molecule has 0 atom stereocenters. The van der Waals surface area contributed by atoms with Crippen molar-refractivity contribution in [2.24, 2.45) is 5.73 Å². The summed E-state index contributed by atoms with van der Waals surface area (Å²) in [6.45, 7) is 0.796. The molecule has 1 aromatic carbocycles. The number of ether oxygens (including phenoxy) is 2. The van der Waals surface area contributed by atoms with E-state index in [0.717, 1.165) is 12.0 Å². The quantitative estimate of drug-likeness (QED) is 0.881. The van der Waals surface area contributed by atoms with Gasteiger partial charge < -0.3 is 19.7 Å². The molecule has 2 rings (SSSR count). The number of rotatable bonds is 6. The molecule has 0 radical (unpaired) electrons. The van der Waals surface area contributed by atoms with Crippen LogP contribution in [0.25, 0.3) is 0 Å². The average molecular weight is 283 g/mol. The molecule has 2 N–H and O–H groups in total. The molecular formula is C13H15ClN2O3. The van der Waals surface area contributed by atoms with Crippen molar-refractivity contribution in [1.29, 1.82) is 0 Å². The van der Waals surface area contributed by atoms with Gasteiger partial charge in [-0.1, -0.05) is 16.8 Å². The van der Waals surface area contributed by atoms with Gasteiger partial charge >= 0.3 is 0 Å². The Kier molecular flexibility index (Phi) is 4.65. The summed E-state index contributed by atoms with van der Waals surface area (Å²) >= 11 is 6.20. The highest BCUT2D eigenvalue weighted by Gasteiger charge is 2.12. The maximum Gasteiger partial charge on any atom is 0.180 e. The van der Waals surface area contributed by atoms with Crippen LogP contribution in [0.15, 0.2) is 28.9 Å². The smallest absolute Gasteiger partial charge is 0.180 e. The summed E-state index contributed by atoms with van der Waals surface area (Å²) in [5, 5.41) is 4.09. The lowest BCUT2D eigenvalue weighted by molar-refractivity contribution is 0.239. The third-order valence-corrected chi connectivity index (χ3v) is 2.85. The van der Waals surface area contributed by atoms with Gasteiger partial charge in [0.2, 0.25) is 0 Å². The number of aromatic nitrogens is 1. The number of hydrogen-bond donors (Lipinski definition) is 1.